The largest absolute Gasteiger partial charge is 0.369 e. The third kappa shape index (κ3) is 11.6. The highest BCUT2D eigenvalue weighted by Gasteiger charge is 2.25. The molecule has 6 nitrogen and oxygen atoms in total. The monoisotopic (exact) mass is 431 g/mol. The van der Waals surface area contributed by atoms with Crippen molar-refractivity contribution in [2.45, 2.75) is 92.2 Å². The van der Waals surface area contributed by atoms with Crippen LogP contribution < -0.4 is 16.4 Å². The molecule has 6 heteroatoms. The second-order valence-electron chi connectivity index (χ2n) is 10.8. The number of amides is 3. The van der Waals surface area contributed by atoms with Gasteiger partial charge in [0.2, 0.25) is 17.7 Å². The Morgan fingerprint density at radius 1 is 0.968 bits per heavy atom. The van der Waals surface area contributed by atoms with E-state index in [1.165, 1.54) is 5.56 Å². The zero-order chi connectivity index (χ0) is 23.8. The third-order valence-electron chi connectivity index (χ3n) is 5.07. The molecule has 0 saturated heterocycles. The van der Waals surface area contributed by atoms with Crippen molar-refractivity contribution in [3.8, 4) is 0 Å². The summed E-state index contributed by atoms with van der Waals surface area (Å²) in [5, 5.41) is 5.79. The topological polar surface area (TPSA) is 101 Å². The van der Waals surface area contributed by atoms with Gasteiger partial charge in [-0.3, -0.25) is 14.4 Å². The first-order chi connectivity index (χ1) is 14.2. The molecule has 2 unspecified atom stereocenters. The Morgan fingerprint density at radius 2 is 1.52 bits per heavy atom. The van der Waals surface area contributed by atoms with E-state index < -0.39 is 17.5 Å². The van der Waals surface area contributed by atoms with Crippen LogP contribution in [0.3, 0.4) is 0 Å². The number of aryl methyl sites for hydroxylation is 1. The lowest BCUT2D eigenvalue weighted by Gasteiger charge is -2.26. The number of carbonyl (C=O) groups is 3. The van der Waals surface area contributed by atoms with Crippen LogP contribution in [-0.2, 0) is 27.2 Å². The van der Waals surface area contributed by atoms with Crippen LogP contribution >= 0.6 is 0 Å². The van der Waals surface area contributed by atoms with E-state index in [0.717, 1.165) is 18.4 Å². The molecule has 0 aliphatic rings. The molecule has 0 radical (unpaired) electrons. The molecule has 3 amide bonds. The maximum absolute atomic E-state index is 12.8. The predicted octanol–water partition coefficient (Wildman–Crippen LogP) is 3.51. The Hall–Kier alpha value is -2.37. The maximum Gasteiger partial charge on any atom is 0.243 e. The van der Waals surface area contributed by atoms with Crippen LogP contribution in [0.5, 0.6) is 0 Å². The Labute approximate surface area is 187 Å². The molecule has 0 heterocycles. The minimum Gasteiger partial charge on any atom is -0.369 e. The number of hydrogen-bond acceptors (Lipinski definition) is 3. The number of benzene rings is 1. The maximum atomic E-state index is 12.8. The summed E-state index contributed by atoms with van der Waals surface area (Å²) in [5.74, 6) is -1.29. The van der Waals surface area contributed by atoms with E-state index in [-0.39, 0.29) is 29.6 Å². The molecule has 0 bridgehead atoms. The first kappa shape index (κ1) is 26.7. The summed E-state index contributed by atoms with van der Waals surface area (Å²) < 4.78 is 0. The Morgan fingerprint density at radius 3 is 2.00 bits per heavy atom. The standard InChI is InChI=1S/C25H41N3O3/c1-17(22(26)30)8-13-21(29)27-20(23(31)28-25(5,6)7)16-19-11-9-18(10-12-19)14-15-24(2,3)4/h9-12,17,20H,8,13-16H2,1-7H3,(H2,26,30)(H,27,29)(H,28,31). The number of nitrogens with one attached hydrogen (secondary N) is 2. The summed E-state index contributed by atoms with van der Waals surface area (Å²) in [6.45, 7) is 14.1. The van der Waals surface area contributed by atoms with Gasteiger partial charge in [-0.25, -0.2) is 0 Å². The lowest BCUT2D eigenvalue weighted by Crippen LogP contribution is -2.53. The Kier molecular flexibility index (Phi) is 9.72. The van der Waals surface area contributed by atoms with Crippen LogP contribution in [0.15, 0.2) is 24.3 Å². The van der Waals surface area contributed by atoms with E-state index in [2.05, 4.69) is 43.5 Å². The molecule has 0 fully saturated rings. The molecule has 4 N–H and O–H groups in total. The summed E-state index contributed by atoms with van der Waals surface area (Å²) in [4.78, 5) is 36.5. The molecule has 31 heavy (non-hydrogen) atoms. The molecular formula is C25H41N3O3. The number of rotatable bonds is 10. The van der Waals surface area contributed by atoms with E-state index in [0.29, 0.717) is 12.8 Å². The van der Waals surface area contributed by atoms with Crippen LogP contribution in [0, 0.1) is 11.3 Å². The first-order valence-electron chi connectivity index (χ1n) is 11.1. The van der Waals surface area contributed by atoms with Crippen molar-refractivity contribution in [1.29, 1.82) is 0 Å². The summed E-state index contributed by atoms with van der Waals surface area (Å²) in [5.41, 5.74) is 7.39. The zero-order valence-electron chi connectivity index (χ0n) is 20.3. The second kappa shape index (κ2) is 11.3. The zero-order valence-corrected chi connectivity index (χ0v) is 20.3. The third-order valence-corrected chi connectivity index (χ3v) is 5.07. The van der Waals surface area contributed by atoms with Gasteiger partial charge in [-0.05, 0) is 56.6 Å². The lowest BCUT2D eigenvalue weighted by molar-refractivity contribution is -0.130. The van der Waals surface area contributed by atoms with Crippen molar-refractivity contribution in [1.82, 2.24) is 10.6 Å². The SMILES string of the molecule is CC(CCC(=O)NC(Cc1ccc(CCC(C)(C)C)cc1)C(=O)NC(C)(C)C)C(N)=O. The molecular weight excluding hydrogens is 390 g/mol. The summed E-state index contributed by atoms with van der Waals surface area (Å²) in [6, 6.07) is 7.55. The van der Waals surface area contributed by atoms with Crippen LogP contribution in [-0.4, -0.2) is 29.3 Å². The fourth-order valence-electron chi connectivity index (χ4n) is 3.02. The fourth-order valence-corrected chi connectivity index (χ4v) is 3.02. The molecule has 1 aromatic rings. The van der Waals surface area contributed by atoms with Crippen molar-refractivity contribution in [2.24, 2.45) is 17.1 Å². The summed E-state index contributed by atoms with van der Waals surface area (Å²) in [7, 11) is 0. The first-order valence-corrected chi connectivity index (χ1v) is 11.1. The average molecular weight is 432 g/mol. The molecule has 0 saturated carbocycles. The van der Waals surface area contributed by atoms with E-state index in [9.17, 15) is 14.4 Å². The van der Waals surface area contributed by atoms with Crippen LogP contribution in [0.4, 0.5) is 0 Å². The van der Waals surface area contributed by atoms with Crippen LogP contribution in [0.1, 0.15) is 78.9 Å². The highest BCUT2D eigenvalue weighted by molar-refractivity contribution is 5.88. The number of nitrogens with two attached hydrogens (primary N) is 1. The van der Waals surface area contributed by atoms with Crippen molar-refractivity contribution < 1.29 is 14.4 Å². The van der Waals surface area contributed by atoms with Gasteiger partial charge in [-0.1, -0.05) is 52.0 Å². The smallest absolute Gasteiger partial charge is 0.243 e. The molecule has 0 spiro atoms. The van der Waals surface area contributed by atoms with E-state index in [1.54, 1.807) is 6.92 Å². The quantitative estimate of drug-likeness (QED) is 0.528. The average Bonchev–Trinajstić information content (AvgIpc) is 2.62. The van der Waals surface area contributed by atoms with E-state index in [4.69, 9.17) is 5.73 Å². The summed E-state index contributed by atoms with van der Waals surface area (Å²) >= 11 is 0. The molecule has 0 aliphatic heterocycles. The molecule has 1 aromatic carbocycles. The number of primary amides is 1. The van der Waals surface area contributed by atoms with Crippen molar-refractivity contribution in [3.63, 3.8) is 0 Å². The molecule has 0 aliphatic carbocycles. The predicted molar refractivity (Wildman–Crippen MR) is 125 cm³/mol. The van der Waals surface area contributed by atoms with Gasteiger partial charge >= 0.3 is 0 Å². The van der Waals surface area contributed by atoms with E-state index in [1.807, 2.05) is 32.9 Å². The lowest BCUT2D eigenvalue weighted by atomic mass is 9.88. The van der Waals surface area contributed by atoms with Gasteiger partial charge in [0.1, 0.15) is 6.04 Å². The van der Waals surface area contributed by atoms with Crippen molar-refractivity contribution in [2.75, 3.05) is 0 Å². The molecule has 0 aromatic heterocycles. The Bertz CT molecular complexity index is 743. The molecule has 1 rings (SSSR count). The minimum absolute atomic E-state index is 0.148. The molecule has 174 valence electrons. The van der Waals surface area contributed by atoms with Gasteiger partial charge in [-0.2, -0.15) is 0 Å². The highest BCUT2D eigenvalue weighted by atomic mass is 16.2. The van der Waals surface area contributed by atoms with Crippen molar-refractivity contribution in [3.05, 3.63) is 35.4 Å². The number of carbonyl (C=O) groups excluding carboxylic acids is 3. The van der Waals surface area contributed by atoms with Gasteiger partial charge in [0, 0.05) is 24.3 Å². The highest BCUT2D eigenvalue weighted by Crippen LogP contribution is 2.21. The Balaban J connectivity index is 2.83. The van der Waals surface area contributed by atoms with Gasteiger partial charge in [0.05, 0.1) is 0 Å². The minimum atomic E-state index is -0.684. The number of hydrogen-bond donors (Lipinski definition) is 3. The van der Waals surface area contributed by atoms with Gasteiger partial charge in [-0.15, -0.1) is 0 Å². The van der Waals surface area contributed by atoms with Crippen LogP contribution in [0.2, 0.25) is 0 Å². The molecule has 2 atom stereocenters. The normalized spacial score (nSPS) is 13.9. The van der Waals surface area contributed by atoms with Gasteiger partial charge < -0.3 is 16.4 Å². The summed E-state index contributed by atoms with van der Waals surface area (Å²) in [6.07, 6.45) is 3.01. The fraction of sp³-hybridized carbons (Fsp3) is 0.640. The van der Waals surface area contributed by atoms with Crippen molar-refractivity contribution >= 4 is 17.7 Å². The second-order valence-corrected chi connectivity index (χ2v) is 10.8. The van der Waals surface area contributed by atoms with Gasteiger partial charge in [0.15, 0.2) is 0 Å². The van der Waals surface area contributed by atoms with Gasteiger partial charge in [0.25, 0.3) is 0 Å². The van der Waals surface area contributed by atoms with Crippen LogP contribution in [0.25, 0.3) is 0 Å². The van der Waals surface area contributed by atoms with E-state index >= 15 is 0 Å².